The highest BCUT2D eigenvalue weighted by Gasteiger charge is 2.30. The van der Waals surface area contributed by atoms with E-state index in [0.29, 0.717) is 19.3 Å². The van der Waals surface area contributed by atoms with Crippen molar-refractivity contribution >= 4 is 10.1 Å². The molecule has 0 bridgehead atoms. The number of hydrogen-bond acceptors (Lipinski definition) is 5. The first kappa shape index (κ1) is 17.4. The molecular formula is C12H17N3O3S. The molecule has 0 fully saturated rings. The molecule has 0 heterocycles. The largest absolute Gasteiger partial charge is 0.286 e. The van der Waals surface area contributed by atoms with E-state index < -0.39 is 21.3 Å². The van der Waals surface area contributed by atoms with Crippen molar-refractivity contribution < 1.29 is 13.0 Å². The molecule has 0 aromatic rings. The molecule has 0 aliphatic heterocycles. The second-order valence-electron chi connectivity index (χ2n) is 4.51. The summed E-state index contributed by atoms with van der Waals surface area (Å²) < 4.78 is 30.6. The quantitative estimate of drug-likeness (QED) is 0.646. The van der Waals surface area contributed by atoms with Gasteiger partial charge in [-0.1, -0.05) is 0 Å². The Bertz CT molecular complexity index is 448. The Morgan fingerprint density at radius 1 is 0.842 bits per heavy atom. The van der Waals surface area contributed by atoms with Crippen molar-refractivity contribution in [3.63, 3.8) is 0 Å². The summed E-state index contributed by atoms with van der Waals surface area (Å²) in [6, 6.07) is 5.99. The molecule has 0 aromatic heterocycles. The van der Waals surface area contributed by atoms with E-state index in [0.717, 1.165) is 0 Å². The minimum absolute atomic E-state index is 0.164. The zero-order valence-corrected chi connectivity index (χ0v) is 11.5. The molecule has 0 radical (unpaired) electrons. The summed E-state index contributed by atoms with van der Waals surface area (Å²) >= 11 is 0. The van der Waals surface area contributed by atoms with Crippen LogP contribution >= 0.6 is 0 Å². The highest BCUT2D eigenvalue weighted by molar-refractivity contribution is 7.85. The summed E-state index contributed by atoms with van der Waals surface area (Å²) in [5, 5.41) is 26.0. The molecule has 6 nitrogen and oxygen atoms in total. The molecule has 0 rings (SSSR count). The van der Waals surface area contributed by atoms with E-state index in [1.165, 1.54) is 0 Å². The lowest BCUT2D eigenvalue weighted by Crippen LogP contribution is -2.24. The van der Waals surface area contributed by atoms with Gasteiger partial charge in [0.05, 0.1) is 24.0 Å². The maximum absolute atomic E-state index is 10.9. The van der Waals surface area contributed by atoms with Crippen molar-refractivity contribution in [2.45, 2.75) is 44.9 Å². The Morgan fingerprint density at radius 3 is 1.47 bits per heavy atom. The molecule has 0 aliphatic rings. The SMILES string of the molecule is N#CCCC(CCC#N)(CCC#N)CCS(=O)(=O)O. The van der Waals surface area contributed by atoms with E-state index in [1.54, 1.807) is 0 Å². The summed E-state index contributed by atoms with van der Waals surface area (Å²) in [6.07, 6.45) is 2.18. The van der Waals surface area contributed by atoms with Crippen LogP contribution in [0.4, 0.5) is 0 Å². The molecule has 0 amide bonds. The summed E-state index contributed by atoms with van der Waals surface area (Å²) in [6.45, 7) is 0. The first-order chi connectivity index (χ1) is 8.89. The second-order valence-corrected chi connectivity index (χ2v) is 6.08. The third-order valence-corrected chi connectivity index (χ3v) is 3.91. The minimum atomic E-state index is -4.08. The van der Waals surface area contributed by atoms with Crippen LogP contribution in [-0.2, 0) is 10.1 Å². The molecule has 104 valence electrons. The van der Waals surface area contributed by atoms with Crippen molar-refractivity contribution in [3.8, 4) is 18.2 Å². The molecule has 19 heavy (non-hydrogen) atoms. The number of hydrogen-bond donors (Lipinski definition) is 1. The molecule has 0 aliphatic carbocycles. The normalized spacial score (nSPS) is 11.3. The van der Waals surface area contributed by atoms with Gasteiger partial charge in [0, 0.05) is 19.3 Å². The van der Waals surface area contributed by atoms with Crippen LogP contribution in [0.1, 0.15) is 44.9 Å². The van der Waals surface area contributed by atoms with Crippen LogP contribution in [0.15, 0.2) is 0 Å². The van der Waals surface area contributed by atoms with Crippen molar-refractivity contribution in [2.24, 2.45) is 5.41 Å². The molecule has 0 aromatic carbocycles. The van der Waals surface area contributed by atoms with Gasteiger partial charge in [0.1, 0.15) is 0 Å². The maximum Gasteiger partial charge on any atom is 0.264 e. The lowest BCUT2D eigenvalue weighted by atomic mass is 9.73. The lowest BCUT2D eigenvalue weighted by molar-refractivity contribution is 0.216. The van der Waals surface area contributed by atoms with E-state index in [-0.39, 0.29) is 25.7 Å². The average molecular weight is 283 g/mol. The molecular weight excluding hydrogens is 266 g/mol. The third-order valence-electron chi connectivity index (χ3n) is 3.19. The van der Waals surface area contributed by atoms with E-state index in [2.05, 4.69) is 0 Å². The predicted octanol–water partition coefficient (Wildman–Crippen LogP) is 2.16. The Hall–Kier alpha value is -1.62. The summed E-state index contributed by atoms with van der Waals surface area (Å²) in [4.78, 5) is 0. The van der Waals surface area contributed by atoms with Crippen LogP contribution in [0.2, 0.25) is 0 Å². The fourth-order valence-corrected chi connectivity index (χ4v) is 2.75. The Morgan fingerprint density at radius 2 is 1.21 bits per heavy atom. The molecule has 0 saturated carbocycles. The molecule has 0 spiro atoms. The zero-order chi connectivity index (χ0) is 14.8. The van der Waals surface area contributed by atoms with Crippen LogP contribution in [-0.4, -0.2) is 18.7 Å². The molecule has 7 heteroatoms. The van der Waals surface area contributed by atoms with Gasteiger partial charge < -0.3 is 0 Å². The lowest BCUT2D eigenvalue weighted by Gasteiger charge is -2.31. The second kappa shape index (κ2) is 8.48. The number of nitrogens with zero attached hydrogens (tertiary/aromatic N) is 3. The van der Waals surface area contributed by atoms with Crippen LogP contribution in [0.3, 0.4) is 0 Å². The Kier molecular flexibility index (Phi) is 7.75. The minimum Gasteiger partial charge on any atom is -0.286 e. The van der Waals surface area contributed by atoms with Crippen molar-refractivity contribution in [1.29, 1.82) is 15.8 Å². The Balaban J connectivity index is 4.94. The fourth-order valence-electron chi connectivity index (χ4n) is 2.06. The Labute approximate surface area is 114 Å². The predicted molar refractivity (Wildman–Crippen MR) is 68.0 cm³/mol. The van der Waals surface area contributed by atoms with Gasteiger partial charge in [0.15, 0.2) is 0 Å². The van der Waals surface area contributed by atoms with Crippen molar-refractivity contribution in [2.75, 3.05) is 5.75 Å². The number of rotatable bonds is 9. The molecule has 0 unspecified atom stereocenters. The van der Waals surface area contributed by atoms with E-state index >= 15 is 0 Å². The average Bonchev–Trinajstić information content (AvgIpc) is 2.36. The standard InChI is InChI=1S/C12H17N3O3S/c13-8-1-4-12(5-2-9-14,6-3-10-15)7-11-19(16,17)18/h1-7,11H2,(H,16,17,18). The smallest absolute Gasteiger partial charge is 0.264 e. The monoisotopic (exact) mass is 283 g/mol. The van der Waals surface area contributed by atoms with Crippen LogP contribution in [0, 0.1) is 39.4 Å². The van der Waals surface area contributed by atoms with Gasteiger partial charge in [0.25, 0.3) is 10.1 Å². The maximum atomic E-state index is 10.9. The summed E-state index contributed by atoms with van der Waals surface area (Å²) in [5.74, 6) is -0.407. The van der Waals surface area contributed by atoms with Gasteiger partial charge in [-0.3, -0.25) is 4.55 Å². The van der Waals surface area contributed by atoms with Crippen molar-refractivity contribution in [3.05, 3.63) is 0 Å². The first-order valence-corrected chi connectivity index (χ1v) is 7.56. The zero-order valence-electron chi connectivity index (χ0n) is 10.7. The van der Waals surface area contributed by atoms with Gasteiger partial charge in [-0.15, -0.1) is 0 Å². The fraction of sp³-hybridized carbons (Fsp3) is 0.750. The summed E-state index contributed by atoms with van der Waals surface area (Å²) in [7, 11) is -4.08. The van der Waals surface area contributed by atoms with Gasteiger partial charge in [-0.25, -0.2) is 0 Å². The summed E-state index contributed by atoms with van der Waals surface area (Å²) in [5.41, 5.74) is -0.545. The van der Waals surface area contributed by atoms with Gasteiger partial charge in [-0.05, 0) is 31.1 Å². The van der Waals surface area contributed by atoms with Crippen LogP contribution in [0.25, 0.3) is 0 Å². The highest BCUT2D eigenvalue weighted by Crippen LogP contribution is 2.38. The van der Waals surface area contributed by atoms with E-state index in [1.807, 2.05) is 18.2 Å². The molecule has 0 atom stereocenters. The third kappa shape index (κ3) is 8.15. The van der Waals surface area contributed by atoms with Crippen LogP contribution in [0.5, 0.6) is 0 Å². The van der Waals surface area contributed by atoms with E-state index in [4.69, 9.17) is 20.3 Å². The van der Waals surface area contributed by atoms with Gasteiger partial charge in [0.2, 0.25) is 0 Å². The van der Waals surface area contributed by atoms with Gasteiger partial charge >= 0.3 is 0 Å². The van der Waals surface area contributed by atoms with E-state index in [9.17, 15) is 8.42 Å². The molecule has 1 N–H and O–H groups in total. The van der Waals surface area contributed by atoms with Crippen molar-refractivity contribution in [1.82, 2.24) is 0 Å². The van der Waals surface area contributed by atoms with Gasteiger partial charge in [-0.2, -0.15) is 24.2 Å². The topological polar surface area (TPSA) is 126 Å². The highest BCUT2D eigenvalue weighted by atomic mass is 32.2. The molecule has 0 saturated heterocycles. The first-order valence-electron chi connectivity index (χ1n) is 5.95. The van der Waals surface area contributed by atoms with Crippen LogP contribution < -0.4 is 0 Å². The number of nitriles is 3.